The van der Waals surface area contributed by atoms with Crippen LogP contribution in [0.25, 0.3) is 11.1 Å². The van der Waals surface area contributed by atoms with Gasteiger partial charge in [-0.2, -0.15) is 0 Å². The van der Waals surface area contributed by atoms with Crippen molar-refractivity contribution in [2.75, 3.05) is 0 Å². The molecule has 0 saturated carbocycles. The molecular formula is C42H52N2O2. The highest BCUT2D eigenvalue weighted by atomic mass is 16.3. The predicted octanol–water partition coefficient (Wildman–Crippen LogP) is 9.34. The van der Waals surface area contributed by atoms with Crippen LogP contribution in [-0.2, 0) is 51.9 Å². The topological polar surface area (TPSA) is 46.9 Å². The number of fused-ring (bicyclic) bond motifs is 2. The van der Waals surface area contributed by atoms with Gasteiger partial charge in [0.2, 0.25) is 0 Å². The molecule has 2 aliphatic rings. The minimum absolute atomic E-state index is 0.315. The van der Waals surface area contributed by atoms with Gasteiger partial charge in [-0.05, 0) is 112 Å². The van der Waals surface area contributed by atoms with Gasteiger partial charge in [-0.3, -0.25) is 9.80 Å². The molecule has 0 aromatic heterocycles. The van der Waals surface area contributed by atoms with Crippen LogP contribution in [0, 0.1) is 0 Å². The average Bonchev–Trinajstić information content (AvgIpc) is 3.06. The normalized spacial score (nSPS) is 14.7. The summed E-state index contributed by atoms with van der Waals surface area (Å²) in [5.41, 5.74) is 11.5. The molecule has 4 heteroatoms. The first-order valence-electron chi connectivity index (χ1n) is 17.6. The van der Waals surface area contributed by atoms with Gasteiger partial charge in [-0.25, -0.2) is 0 Å². The number of phenols is 2. The number of benzene rings is 4. The molecule has 0 saturated heterocycles. The Morgan fingerprint density at radius 2 is 0.891 bits per heavy atom. The van der Waals surface area contributed by atoms with Gasteiger partial charge in [0.05, 0.1) is 0 Å². The number of aryl methyl sites for hydroxylation is 2. The van der Waals surface area contributed by atoms with Gasteiger partial charge in [-0.1, -0.05) is 72.8 Å². The van der Waals surface area contributed by atoms with Crippen molar-refractivity contribution in [1.29, 1.82) is 0 Å². The first-order chi connectivity index (χ1) is 22.3. The summed E-state index contributed by atoms with van der Waals surface area (Å²) in [6, 6.07) is 26.4. The molecule has 4 aromatic rings. The van der Waals surface area contributed by atoms with Gasteiger partial charge in [0, 0.05) is 60.5 Å². The smallest absolute Gasteiger partial charge is 0.128 e. The van der Waals surface area contributed by atoms with Crippen LogP contribution >= 0.6 is 0 Å². The van der Waals surface area contributed by atoms with Gasteiger partial charge >= 0.3 is 0 Å². The molecule has 0 fully saturated rings. The van der Waals surface area contributed by atoms with Crippen LogP contribution in [0.1, 0.15) is 97.9 Å². The molecule has 0 radical (unpaired) electrons. The molecule has 0 bridgehead atoms. The van der Waals surface area contributed by atoms with E-state index in [2.05, 4.69) is 110 Å². The maximum absolute atomic E-state index is 12.3. The molecule has 2 aliphatic carbocycles. The first-order valence-corrected chi connectivity index (χ1v) is 17.6. The van der Waals surface area contributed by atoms with Crippen LogP contribution in [0.2, 0.25) is 0 Å². The lowest BCUT2D eigenvalue weighted by Crippen LogP contribution is -2.30. The Hall–Kier alpha value is -3.60. The van der Waals surface area contributed by atoms with Crippen LogP contribution in [0.5, 0.6) is 11.5 Å². The van der Waals surface area contributed by atoms with E-state index in [0.29, 0.717) is 36.7 Å². The van der Waals surface area contributed by atoms with Crippen molar-refractivity contribution < 1.29 is 10.2 Å². The fourth-order valence-corrected chi connectivity index (χ4v) is 7.61. The third-order valence-electron chi connectivity index (χ3n) is 10.3. The van der Waals surface area contributed by atoms with E-state index in [-0.39, 0.29) is 0 Å². The zero-order chi connectivity index (χ0) is 32.2. The van der Waals surface area contributed by atoms with Crippen LogP contribution in [0.4, 0.5) is 0 Å². The number of rotatable bonds is 11. The van der Waals surface area contributed by atoms with Crippen LogP contribution in [0.3, 0.4) is 0 Å². The molecule has 0 spiro atoms. The lowest BCUT2D eigenvalue weighted by molar-refractivity contribution is 0.201. The molecule has 0 atom stereocenters. The summed E-state index contributed by atoms with van der Waals surface area (Å²) in [5.74, 6) is 0.731. The third-order valence-corrected chi connectivity index (χ3v) is 10.3. The molecule has 4 nitrogen and oxygen atoms in total. The molecule has 242 valence electrons. The molecule has 6 rings (SSSR count). The van der Waals surface area contributed by atoms with E-state index in [4.69, 9.17) is 0 Å². The van der Waals surface area contributed by atoms with E-state index in [1.165, 1.54) is 46.2 Å². The molecule has 0 unspecified atom stereocenters. The summed E-state index contributed by atoms with van der Waals surface area (Å²) in [4.78, 5) is 4.89. The molecular weight excluding hydrogens is 564 g/mol. The Kier molecular flexibility index (Phi) is 10.2. The van der Waals surface area contributed by atoms with E-state index < -0.39 is 0 Å². The SMILES string of the molecule is CC(C)N(Cc1ccccc1)Cc1cc2c(c(-c3c(O)c(CN(Cc4ccccc4)C(C)C)cc4c3CCCC4)c1O)CCCC2. The summed E-state index contributed by atoms with van der Waals surface area (Å²) in [5, 5.41) is 24.7. The lowest BCUT2D eigenvalue weighted by atomic mass is 9.78. The zero-order valence-corrected chi connectivity index (χ0v) is 28.4. The highest BCUT2D eigenvalue weighted by molar-refractivity contribution is 5.85. The van der Waals surface area contributed by atoms with Crippen molar-refractivity contribution in [2.24, 2.45) is 0 Å². The van der Waals surface area contributed by atoms with Crippen LogP contribution in [0.15, 0.2) is 72.8 Å². The summed E-state index contributed by atoms with van der Waals surface area (Å²) >= 11 is 0. The minimum atomic E-state index is 0.315. The van der Waals surface area contributed by atoms with Gasteiger partial charge in [-0.15, -0.1) is 0 Å². The third kappa shape index (κ3) is 7.04. The summed E-state index contributed by atoms with van der Waals surface area (Å²) in [7, 11) is 0. The van der Waals surface area contributed by atoms with E-state index in [1.807, 2.05) is 0 Å². The van der Waals surface area contributed by atoms with Crippen molar-refractivity contribution in [3.63, 3.8) is 0 Å². The summed E-state index contributed by atoms with van der Waals surface area (Å²) < 4.78 is 0. The number of hydrogen-bond donors (Lipinski definition) is 2. The van der Waals surface area contributed by atoms with Crippen LogP contribution < -0.4 is 0 Å². The summed E-state index contributed by atoms with van der Waals surface area (Å²) in [6.07, 6.45) is 8.51. The fraction of sp³-hybridized carbons (Fsp3) is 0.429. The highest BCUT2D eigenvalue weighted by Crippen LogP contribution is 2.49. The molecule has 2 N–H and O–H groups in total. The maximum atomic E-state index is 12.3. The van der Waals surface area contributed by atoms with Gasteiger partial charge in [0.1, 0.15) is 11.5 Å². The Labute approximate surface area is 276 Å². The average molecular weight is 617 g/mol. The monoisotopic (exact) mass is 616 g/mol. The number of phenolic OH excluding ortho intramolecular Hbond substituents is 2. The molecule has 4 aromatic carbocycles. The van der Waals surface area contributed by atoms with Crippen molar-refractivity contribution in [1.82, 2.24) is 9.80 Å². The number of aromatic hydroxyl groups is 2. The van der Waals surface area contributed by atoms with Gasteiger partial charge in [0.25, 0.3) is 0 Å². The van der Waals surface area contributed by atoms with Crippen LogP contribution in [-0.4, -0.2) is 32.1 Å². The Morgan fingerprint density at radius 1 is 0.522 bits per heavy atom. The van der Waals surface area contributed by atoms with Crippen molar-refractivity contribution >= 4 is 0 Å². The Bertz CT molecular complexity index is 1500. The molecule has 46 heavy (non-hydrogen) atoms. The van der Waals surface area contributed by atoms with Crippen molar-refractivity contribution in [3.8, 4) is 22.6 Å². The van der Waals surface area contributed by atoms with E-state index >= 15 is 0 Å². The first kappa shape index (κ1) is 32.3. The van der Waals surface area contributed by atoms with E-state index in [0.717, 1.165) is 73.9 Å². The maximum Gasteiger partial charge on any atom is 0.128 e. The minimum Gasteiger partial charge on any atom is -0.507 e. The van der Waals surface area contributed by atoms with Crippen molar-refractivity contribution in [3.05, 3.63) is 117 Å². The van der Waals surface area contributed by atoms with Crippen molar-refractivity contribution in [2.45, 2.75) is 117 Å². The van der Waals surface area contributed by atoms with Gasteiger partial charge in [0.15, 0.2) is 0 Å². The quantitative estimate of drug-likeness (QED) is 0.176. The predicted molar refractivity (Wildman–Crippen MR) is 190 cm³/mol. The Balaban J connectivity index is 1.46. The number of nitrogens with zero attached hydrogens (tertiary/aromatic N) is 2. The molecule has 0 aliphatic heterocycles. The van der Waals surface area contributed by atoms with Gasteiger partial charge < -0.3 is 10.2 Å². The fourth-order valence-electron chi connectivity index (χ4n) is 7.61. The molecule has 0 amide bonds. The Morgan fingerprint density at radius 3 is 1.26 bits per heavy atom. The summed E-state index contributed by atoms with van der Waals surface area (Å²) in [6.45, 7) is 11.9. The largest absolute Gasteiger partial charge is 0.507 e. The highest BCUT2D eigenvalue weighted by Gasteiger charge is 2.30. The second-order valence-electron chi connectivity index (χ2n) is 14.2. The second-order valence-corrected chi connectivity index (χ2v) is 14.2. The number of hydrogen-bond acceptors (Lipinski definition) is 4. The molecule has 0 heterocycles. The standard InChI is InChI=1S/C42H52N2O2/c1-29(2)43(25-31-15-7-5-8-16-31)27-35-23-33-19-11-13-21-37(33)39(41(35)45)40-38-22-14-12-20-34(38)24-36(42(40)46)28-44(30(3)4)26-32-17-9-6-10-18-32/h5-10,15-18,23-24,29-30,45-46H,11-14,19-22,25-28H2,1-4H3. The van der Waals surface area contributed by atoms with E-state index in [1.54, 1.807) is 0 Å². The lowest BCUT2D eigenvalue weighted by Gasteiger charge is -2.32. The zero-order valence-electron chi connectivity index (χ0n) is 28.4. The van der Waals surface area contributed by atoms with E-state index in [9.17, 15) is 10.2 Å². The second kappa shape index (κ2) is 14.4.